The van der Waals surface area contributed by atoms with Crippen LogP contribution >= 0.6 is 0 Å². The third-order valence-electron chi connectivity index (χ3n) is 3.38. The van der Waals surface area contributed by atoms with Gasteiger partial charge in [0.1, 0.15) is 0 Å². The van der Waals surface area contributed by atoms with E-state index >= 15 is 0 Å². The number of aromatic nitrogens is 1. The minimum Gasteiger partial charge on any atom is -0.396 e. The Bertz CT molecular complexity index is 418. The summed E-state index contributed by atoms with van der Waals surface area (Å²) in [6, 6.07) is 1.46. The lowest BCUT2D eigenvalue weighted by molar-refractivity contribution is -0.120. The number of carbonyl (C=O) groups excluding carboxylic acids is 1. The van der Waals surface area contributed by atoms with E-state index in [1.54, 1.807) is 13.0 Å². The van der Waals surface area contributed by atoms with Crippen molar-refractivity contribution in [2.75, 3.05) is 25.0 Å². The summed E-state index contributed by atoms with van der Waals surface area (Å²) in [5.41, 5.74) is 0.736. The maximum Gasteiger partial charge on any atom is 0.243 e. The molecule has 2 rings (SSSR count). The van der Waals surface area contributed by atoms with Crippen molar-refractivity contribution in [2.24, 2.45) is 5.92 Å². The van der Waals surface area contributed by atoms with Crippen LogP contribution in [0.5, 0.6) is 0 Å². The van der Waals surface area contributed by atoms with Gasteiger partial charge in [-0.05, 0) is 32.7 Å². The van der Waals surface area contributed by atoms with Gasteiger partial charge in [-0.3, -0.25) is 15.0 Å². The highest BCUT2D eigenvalue weighted by Gasteiger charge is 2.29. The van der Waals surface area contributed by atoms with E-state index in [9.17, 15) is 4.79 Å². The zero-order chi connectivity index (χ0) is 13.1. The summed E-state index contributed by atoms with van der Waals surface area (Å²) in [4.78, 5) is 14.1. The molecule has 100 valence electrons. The summed E-state index contributed by atoms with van der Waals surface area (Å²) in [7, 11) is 0. The zero-order valence-electron chi connectivity index (χ0n) is 10.7. The number of aliphatic hydroxyl groups is 1. The summed E-state index contributed by atoms with van der Waals surface area (Å²) in [6.45, 7) is 5.45. The minimum absolute atomic E-state index is 0.107. The largest absolute Gasteiger partial charge is 0.396 e. The van der Waals surface area contributed by atoms with E-state index in [1.165, 1.54) is 0 Å². The topological polar surface area (TPSA) is 78.6 Å². The average molecular weight is 253 g/mol. The molecule has 0 aromatic carbocycles. The van der Waals surface area contributed by atoms with Gasteiger partial charge >= 0.3 is 0 Å². The summed E-state index contributed by atoms with van der Waals surface area (Å²) in [5, 5.41) is 15.5. The van der Waals surface area contributed by atoms with Gasteiger partial charge in [-0.1, -0.05) is 5.16 Å². The van der Waals surface area contributed by atoms with E-state index in [0.717, 1.165) is 25.2 Å². The van der Waals surface area contributed by atoms with E-state index in [4.69, 9.17) is 9.63 Å². The maximum atomic E-state index is 12.0. The Labute approximate surface area is 106 Å². The Morgan fingerprint density at radius 3 is 3.11 bits per heavy atom. The fourth-order valence-electron chi connectivity index (χ4n) is 2.18. The second-order valence-corrected chi connectivity index (χ2v) is 4.83. The Morgan fingerprint density at radius 1 is 1.78 bits per heavy atom. The Balaban J connectivity index is 1.89. The molecular weight excluding hydrogens is 234 g/mol. The second-order valence-electron chi connectivity index (χ2n) is 4.83. The van der Waals surface area contributed by atoms with Gasteiger partial charge in [-0.15, -0.1) is 0 Å². The molecular formula is C12H19N3O3. The molecule has 0 aliphatic carbocycles. The van der Waals surface area contributed by atoms with Crippen LogP contribution in [0.2, 0.25) is 0 Å². The van der Waals surface area contributed by atoms with Crippen molar-refractivity contribution >= 4 is 11.8 Å². The molecule has 2 heterocycles. The van der Waals surface area contributed by atoms with E-state index < -0.39 is 0 Å². The molecule has 1 aromatic heterocycles. The predicted molar refractivity (Wildman–Crippen MR) is 66.1 cm³/mol. The first-order valence-electron chi connectivity index (χ1n) is 6.19. The Kier molecular flexibility index (Phi) is 3.98. The zero-order valence-corrected chi connectivity index (χ0v) is 10.7. The summed E-state index contributed by atoms with van der Waals surface area (Å²) in [5.74, 6) is 0.555. The molecule has 1 aliphatic rings. The van der Waals surface area contributed by atoms with E-state index in [2.05, 4.69) is 15.4 Å². The van der Waals surface area contributed by atoms with Crippen LogP contribution < -0.4 is 5.32 Å². The van der Waals surface area contributed by atoms with Crippen molar-refractivity contribution in [1.29, 1.82) is 0 Å². The SMILES string of the molecule is Cc1cc(NC(=O)C(C)N2CCC(CO)C2)on1. The normalized spacial score (nSPS) is 22.1. The van der Waals surface area contributed by atoms with Gasteiger partial charge in [0.15, 0.2) is 0 Å². The summed E-state index contributed by atoms with van der Waals surface area (Å²) >= 11 is 0. The van der Waals surface area contributed by atoms with Gasteiger partial charge in [-0.2, -0.15) is 0 Å². The molecule has 0 saturated carbocycles. The number of rotatable bonds is 4. The number of carbonyl (C=O) groups is 1. The molecule has 1 saturated heterocycles. The molecule has 2 unspecified atom stereocenters. The smallest absolute Gasteiger partial charge is 0.243 e. The van der Waals surface area contributed by atoms with E-state index in [0.29, 0.717) is 5.88 Å². The first-order chi connectivity index (χ1) is 8.60. The van der Waals surface area contributed by atoms with Gasteiger partial charge in [0.05, 0.1) is 11.7 Å². The molecule has 0 spiro atoms. The van der Waals surface area contributed by atoms with Crippen molar-refractivity contribution in [2.45, 2.75) is 26.3 Å². The fourth-order valence-corrected chi connectivity index (χ4v) is 2.18. The maximum absolute atomic E-state index is 12.0. The number of hydrogen-bond acceptors (Lipinski definition) is 5. The monoisotopic (exact) mass is 253 g/mol. The molecule has 0 radical (unpaired) electrons. The number of aryl methyl sites for hydroxylation is 1. The molecule has 0 bridgehead atoms. The molecule has 1 aromatic rings. The summed E-state index contributed by atoms with van der Waals surface area (Å²) in [6.07, 6.45) is 0.940. The summed E-state index contributed by atoms with van der Waals surface area (Å²) < 4.78 is 4.95. The molecule has 1 amide bonds. The lowest BCUT2D eigenvalue weighted by atomic mass is 10.1. The lowest BCUT2D eigenvalue weighted by Crippen LogP contribution is -2.40. The number of anilines is 1. The number of hydrogen-bond donors (Lipinski definition) is 2. The lowest BCUT2D eigenvalue weighted by Gasteiger charge is -2.22. The molecule has 1 aliphatic heterocycles. The molecule has 6 heteroatoms. The number of nitrogens with zero attached hydrogens (tertiary/aromatic N) is 2. The Hall–Kier alpha value is -1.40. The van der Waals surface area contributed by atoms with Crippen LogP contribution in [0.4, 0.5) is 5.88 Å². The highest BCUT2D eigenvalue weighted by atomic mass is 16.5. The second kappa shape index (κ2) is 5.49. The van der Waals surface area contributed by atoms with Crippen molar-refractivity contribution in [3.63, 3.8) is 0 Å². The quantitative estimate of drug-likeness (QED) is 0.822. The van der Waals surface area contributed by atoms with Gasteiger partial charge < -0.3 is 9.63 Å². The number of nitrogens with one attached hydrogen (secondary N) is 1. The first-order valence-corrected chi connectivity index (χ1v) is 6.19. The van der Waals surface area contributed by atoms with Gasteiger partial charge in [-0.25, -0.2) is 0 Å². The highest BCUT2D eigenvalue weighted by Crippen LogP contribution is 2.19. The predicted octanol–water partition coefficient (Wildman–Crippen LogP) is 0.624. The first kappa shape index (κ1) is 13.0. The highest BCUT2D eigenvalue weighted by molar-refractivity contribution is 5.93. The van der Waals surface area contributed by atoms with Crippen molar-refractivity contribution in [1.82, 2.24) is 10.1 Å². The van der Waals surface area contributed by atoms with Crippen molar-refractivity contribution in [3.05, 3.63) is 11.8 Å². The fraction of sp³-hybridized carbons (Fsp3) is 0.667. The minimum atomic E-state index is -0.230. The third-order valence-corrected chi connectivity index (χ3v) is 3.38. The van der Waals surface area contributed by atoms with Gasteiger partial charge in [0.25, 0.3) is 0 Å². The van der Waals surface area contributed by atoms with Crippen LogP contribution in [-0.4, -0.2) is 46.8 Å². The van der Waals surface area contributed by atoms with Crippen LogP contribution in [0.25, 0.3) is 0 Å². The van der Waals surface area contributed by atoms with Crippen molar-refractivity contribution in [3.8, 4) is 0 Å². The molecule has 1 fully saturated rings. The molecule has 2 atom stereocenters. The molecule has 6 nitrogen and oxygen atoms in total. The number of likely N-dealkylation sites (tertiary alicyclic amines) is 1. The van der Waals surface area contributed by atoms with Crippen LogP contribution in [0.15, 0.2) is 10.6 Å². The molecule has 2 N–H and O–H groups in total. The van der Waals surface area contributed by atoms with Crippen LogP contribution in [0.3, 0.4) is 0 Å². The van der Waals surface area contributed by atoms with Crippen LogP contribution in [-0.2, 0) is 4.79 Å². The van der Waals surface area contributed by atoms with Gasteiger partial charge in [0, 0.05) is 19.2 Å². The van der Waals surface area contributed by atoms with Gasteiger partial charge in [0.2, 0.25) is 11.8 Å². The van der Waals surface area contributed by atoms with Crippen molar-refractivity contribution < 1.29 is 14.4 Å². The number of aliphatic hydroxyl groups excluding tert-OH is 1. The Morgan fingerprint density at radius 2 is 2.56 bits per heavy atom. The standard InChI is InChI=1S/C12H19N3O3/c1-8-5-11(18-14-8)13-12(17)9(2)15-4-3-10(6-15)7-16/h5,9-10,16H,3-4,6-7H2,1-2H3,(H,13,17). The van der Waals surface area contributed by atoms with Crippen LogP contribution in [0, 0.1) is 12.8 Å². The number of amides is 1. The van der Waals surface area contributed by atoms with Crippen LogP contribution in [0.1, 0.15) is 19.0 Å². The van der Waals surface area contributed by atoms with E-state index in [1.807, 2.05) is 6.92 Å². The van der Waals surface area contributed by atoms with E-state index in [-0.39, 0.29) is 24.5 Å². The third kappa shape index (κ3) is 2.88. The average Bonchev–Trinajstić information content (AvgIpc) is 2.97. The molecule has 18 heavy (non-hydrogen) atoms.